The van der Waals surface area contributed by atoms with Crippen LogP contribution in [0.4, 0.5) is 0 Å². The third-order valence-corrected chi connectivity index (χ3v) is 3.75. The first-order chi connectivity index (χ1) is 10.1. The summed E-state index contributed by atoms with van der Waals surface area (Å²) in [6.07, 6.45) is 1.88. The van der Waals surface area contributed by atoms with Crippen molar-refractivity contribution in [3.05, 3.63) is 30.2 Å². The van der Waals surface area contributed by atoms with Crippen molar-refractivity contribution in [2.24, 2.45) is 0 Å². The first-order valence-corrected chi connectivity index (χ1v) is 7.02. The van der Waals surface area contributed by atoms with E-state index >= 15 is 0 Å². The van der Waals surface area contributed by atoms with Gasteiger partial charge >= 0.3 is 5.97 Å². The Labute approximate surface area is 121 Å². The van der Waals surface area contributed by atoms with Gasteiger partial charge in [-0.3, -0.25) is 4.79 Å². The van der Waals surface area contributed by atoms with Gasteiger partial charge in [-0.25, -0.2) is 9.78 Å². The van der Waals surface area contributed by atoms with Crippen molar-refractivity contribution >= 4 is 23.0 Å². The van der Waals surface area contributed by atoms with Crippen molar-refractivity contribution in [1.82, 2.24) is 9.88 Å². The van der Waals surface area contributed by atoms with Gasteiger partial charge in [-0.2, -0.15) is 0 Å². The summed E-state index contributed by atoms with van der Waals surface area (Å²) >= 11 is 0. The summed E-state index contributed by atoms with van der Waals surface area (Å²) in [5.74, 6) is -0.569. The monoisotopic (exact) mass is 288 g/mol. The predicted octanol–water partition coefficient (Wildman–Crippen LogP) is 1.84. The molecule has 1 aromatic heterocycles. The fourth-order valence-corrected chi connectivity index (χ4v) is 2.71. The molecule has 1 aliphatic rings. The topological polar surface area (TPSA) is 83.6 Å². The van der Waals surface area contributed by atoms with E-state index in [2.05, 4.69) is 4.98 Å². The van der Waals surface area contributed by atoms with Gasteiger partial charge in [0.15, 0.2) is 11.5 Å². The number of likely N-dealkylation sites (tertiary alicyclic amines) is 1. The number of nitrogens with zero attached hydrogens (tertiary/aromatic N) is 2. The van der Waals surface area contributed by atoms with E-state index in [-0.39, 0.29) is 12.3 Å². The van der Waals surface area contributed by atoms with E-state index in [1.54, 1.807) is 0 Å². The van der Waals surface area contributed by atoms with Crippen LogP contribution in [-0.2, 0) is 16.0 Å². The third kappa shape index (κ3) is 2.74. The van der Waals surface area contributed by atoms with Gasteiger partial charge in [0.25, 0.3) is 0 Å². The number of aliphatic carboxylic acids is 1. The molecule has 0 aliphatic carbocycles. The van der Waals surface area contributed by atoms with Gasteiger partial charge in [-0.15, -0.1) is 0 Å². The highest BCUT2D eigenvalue weighted by atomic mass is 16.4. The number of aromatic nitrogens is 1. The second-order valence-corrected chi connectivity index (χ2v) is 5.16. The Morgan fingerprint density at radius 1 is 1.38 bits per heavy atom. The molecule has 110 valence electrons. The zero-order valence-corrected chi connectivity index (χ0v) is 11.5. The van der Waals surface area contributed by atoms with Crippen LogP contribution in [0.2, 0.25) is 0 Å². The maximum absolute atomic E-state index is 12.1. The van der Waals surface area contributed by atoms with Gasteiger partial charge in [0.2, 0.25) is 5.91 Å². The second kappa shape index (κ2) is 5.55. The van der Waals surface area contributed by atoms with Gasteiger partial charge in [0, 0.05) is 19.4 Å². The number of aryl methyl sites for hydroxylation is 1. The van der Waals surface area contributed by atoms with E-state index in [1.807, 2.05) is 24.3 Å². The lowest BCUT2D eigenvalue weighted by Crippen LogP contribution is -2.40. The van der Waals surface area contributed by atoms with Crippen molar-refractivity contribution in [3.63, 3.8) is 0 Å². The number of rotatable bonds is 4. The summed E-state index contributed by atoms with van der Waals surface area (Å²) in [4.78, 5) is 29.0. The van der Waals surface area contributed by atoms with Crippen molar-refractivity contribution in [3.8, 4) is 0 Å². The Morgan fingerprint density at radius 3 is 2.95 bits per heavy atom. The molecule has 0 radical (unpaired) electrons. The zero-order chi connectivity index (χ0) is 14.8. The number of amides is 1. The van der Waals surface area contributed by atoms with Gasteiger partial charge in [0.05, 0.1) is 0 Å². The fraction of sp³-hybridized carbons (Fsp3) is 0.400. The van der Waals surface area contributed by atoms with E-state index in [1.165, 1.54) is 4.90 Å². The molecular weight excluding hydrogens is 272 g/mol. The number of para-hydroxylation sites is 2. The fourth-order valence-electron chi connectivity index (χ4n) is 2.71. The number of hydrogen-bond acceptors (Lipinski definition) is 4. The van der Waals surface area contributed by atoms with Crippen LogP contribution in [0.15, 0.2) is 28.7 Å². The van der Waals surface area contributed by atoms with Crippen LogP contribution in [0.5, 0.6) is 0 Å². The van der Waals surface area contributed by atoms with Crippen molar-refractivity contribution in [1.29, 1.82) is 0 Å². The molecule has 0 spiro atoms. The van der Waals surface area contributed by atoms with Gasteiger partial charge < -0.3 is 14.4 Å². The van der Waals surface area contributed by atoms with Crippen LogP contribution in [0, 0.1) is 0 Å². The molecule has 0 saturated carbocycles. The predicted molar refractivity (Wildman–Crippen MR) is 74.7 cm³/mol. The van der Waals surface area contributed by atoms with Crippen LogP contribution in [0.1, 0.15) is 25.2 Å². The Hall–Kier alpha value is -2.37. The van der Waals surface area contributed by atoms with E-state index in [0.717, 1.165) is 11.9 Å². The largest absolute Gasteiger partial charge is 0.480 e. The standard InChI is InChI=1S/C15H16N2O4/c18-14(17-9-3-5-11(17)15(19)20)8-7-13-16-10-4-1-2-6-12(10)21-13/h1-2,4,6,11H,3,5,7-9H2,(H,19,20)/t11-/m0/s1. The van der Waals surface area contributed by atoms with Crippen LogP contribution in [0.25, 0.3) is 11.1 Å². The highest BCUT2D eigenvalue weighted by Gasteiger charge is 2.33. The maximum Gasteiger partial charge on any atom is 0.326 e. The molecule has 6 heteroatoms. The summed E-state index contributed by atoms with van der Waals surface area (Å²) in [5.41, 5.74) is 1.47. The molecule has 21 heavy (non-hydrogen) atoms. The number of carboxylic acid groups (broad SMARTS) is 1. The number of benzene rings is 1. The molecule has 0 bridgehead atoms. The number of fused-ring (bicyclic) bond motifs is 1. The normalized spacial score (nSPS) is 18.3. The first kappa shape index (κ1) is 13.6. The van der Waals surface area contributed by atoms with Crippen molar-refractivity contribution in [2.75, 3.05) is 6.54 Å². The molecule has 2 aromatic rings. The molecule has 0 unspecified atom stereocenters. The van der Waals surface area contributed by atoms with E-state index < -0.39 is 12.0 Å². The summed E-state index contributed by atoms with van der Waals surface area (Å²) in [7, 11) is 0. The van der Waals surface area contributed by atoms with E-state index in [4.69, 9.17) is 9.52 Å². The van der Waals surface area contributed by atoms with Crippen molar-refractivity contribution in [2.45, 2.75) is 31.7 Å². The molecule has 1 N–H and O–H groups in total. The number of oxazole rings is 1. The minimum atomic E-state index is -0.928. The molecular formula is C15H16N2O4. The number of carbonyl (C=O) groups is 2. The molecule has 1 atom stereocenters. The highest BCUT2D eigenvalue weighted by Crippen LogP contribution is 2.20. The van der Waals surface area contributed by atoms with Gasteiger partial charge in [-0.05, 0) is 25.0 Å². The minimum absolute atomic E-state index is 0.151. The SMILES string of the molecule is O=C(O)[C@@H]1CCCN1C(=O)CCc1nc2ccccc2o1. The Morgan fingerprint density at radius 2 is 2.19 bits per heavy atom. The highest BCUT2D eigenvalue weighted by molar-refractivity contribution is 5.84. The molecule has 2 heterocycles. The molecule has 1 fully saturated rings. The maximum atomic E-state index is 12.1. The first-order valence-electron chi connectivity index (χ1n) is 7.02. The zero-order valence-electron chi connectivity index (χ0n) is 11.5. The van der Waals surface area contributed by atoms with Crippen LogP contribution < -0.4 is 0 Å². The lowest BCUT2D eigenvalue weighted by atomic mass is 10.2. The van der Waals surface area contributed by atoms with E-state index in [9.17, 15) is 9.59 Å². The van der Waals surface area contributed by atoms with Crippen LogP contribution >= 0.6 is 0 Å². The third-order valence-electron chi connectivity index (χ3n) is 3.75. The second-order valence-electron chi connectivity index (χ2n) is 5.16. The Balaban J connectivity index is 1.64. The average molecular weight is 288 g/mol. The molecule has 1 amide bonds. The summed E-state index contributed by atoms with van der Waals surface area (Å²) < 4.78 is 5.56. The quantitative estimate of drug-likeness (QED) is 0.928. The number of hydrogen-bond donors (Lipinski definition) is 1. The molecule has 3 rings (SSSR count). The lowest BCUT2D eigenvalue weighted by Gasteiger charge is -2.20. The average Bonchev–Trinajstić information content (AvgIpc) is 3.10. The molecule has 1 saturated heterocycles. The number of carbonyl (C=O) groups excluding carboxylic acids is 1. The molecule has 1 aliphatic heterocycles. The Bertz CT molecular complexity index is 646. The van der Waals surface area contributed by atoms with E-state index in [0.29, 0.717) is 30.9 Å². The summed E-state index contributed by atoms with van der Waals surface area (Å²) in [5, 5.41) is 9.09. The number of carboxylic acids is 1. The summed E-state index contributed by atoms with van der Waals surface area (Å²) in [6, 6.07) is 6.74. The molecule has 6 nitrogen and oxygen atoms in total. The lowest BCUT2D eigenvalue weighted by molar-refractivity contribution is -0.148. The van der Waals surface area contributed by atoms with Crippen LogP contribution in [0.3, 0.4) is 0 Å². The van der Waals surface area contributed by atoms with Gasteiger partial charge in [-0.1, -0.05) is 12.1 Å². The Kier molecular flexibility index (Phi) is 3.60. The van der Waals surface area contributed by atoms with Gasteiger partial charge in [0.1, 0.15) is 11.6 Å². The summed E-state index contributed by atoms with van der Waals surface area (Å²) in [6.45, 7) is 0.517. The van der Waals surface area contributed by atoms with Crippen molar-refractivity contribution < 1.29 is 19.1 Å². The molecule has 1 aromatic carbocycles. The smallest absolute Gasteiger partial charge is 0.326 e. The van der Waals surface area contributed by atoms with Crippen LogP contribution in [-0.4, -0.2) is 39.5 Å². The minimum Gasteiger partial charge on any atom is -0.480 e.